The molecule has 0 aromatic rings. The minimum Gasteiger partial charge on any atom is -0.237 e. The van der Waals surface area contributed by atoms with Crippen molar-refractivity contribution in [3.05, 3.63) is 18.4 Å². The molecular formula is C7H10O2. The maximum atomic E-state index is 4.74. The normalized spacial score (nSPS) is 26.9. The van der Waals surface area contributed by atoms with Crippen molar-refractivity contribution in [2.75, 3.05) is 13.2 Å². The SMILES string of the molecule is C=C=CC1CCOOC1. The molecule has 1 fully saturated rings. The van der Waals surface area contributed by atoms with Crippen LogP contribution in [0.1, 0.15) is 6.42 Å². The van der Waals surface area contributed by atoms with Crippen molar-refractivity contribution in [2.24, 2.45) is 5.92 Å². The van der Waals surface area contributed by atoms with Crippen LogP contribution in [0.3, 0.4) is 0 Å². The van der Waals surface area contributed by atoms with Crippen LogP contribution in [0.4, 0.5) is 0 Å². The molecule has 1 atom stereocenters. The second kappa shape index (κ2) is 3.46. The van der Waals surface area contributed by atoms with Gasteiger partial charge in [-0.1, -0.05) is 6.58 Å². The van der Waals surface area contributed by atoms with Crippen molar-refractivity contribution in [1.29, 1.82) is 0 Å². The Kier molecular flexibility index (Phi) is 2.52. The average molecular weight is 126 g/mol. The smallest absolute Gasteiger partial charge is 0.0891 e. The highest BCUT2D eigenvalue weighted by Crippen LogP contribution is 2.10. The number of hydrogen-bond donors (Lipinski definition) is 0. The third kappa shape index (κ3) is 2.02. The van der Waals surface area contributed by atoms with Gasteiger partial charge in [0.2, 0.25) is 0 Å². The van der Waals surface area contributed by atoms with E-state index in [1.807, 2.05) is 6.08 Å². The Hall–Kier alpha value is -0.560. The van der Waals surface area contributed by atoms with E-state index in [9.17, 15) is 0 Å². The lowest BCUT2D eigenvalue weighted by molar-refractivity contribution is -0.320. The standard InChI is InChI=1S/C7H10O2/c1-2-3-7-4-5-8-9-6-7/h3,7H,1,4-6H2. The first kappa shape index (κ1) is 6.56. The highest BCUT2D eigenvalue weighted by Gasteiger charge is 2.10. The van der Waals surface area contributed by atoms with Gasteiger partial charge in [0.05, 0.1) is 13.2 Å². The van der Waals surface area contributed by atoms with Crippen LogP contribution < -0.4 is 0 Å². The molecule has 0 aliphatic carbocycles. The Labute approximate surface area is 54.7 Å². The van der Waals surface area contributed by atoms with Gasteiger partial charge in [0.25, 0.3) is 0 Å². The minimum absolute atomic E-state index is 0.455. The van der Waals surface area contributed by atoms with Crippen molar-refractivity contribution >= 4 is 0 Å². The van der Waals surface area contributed by atoms with Crippen LogP contribution in [0.5, 0.6) is 0 Å². The molecule has 9 heavy (non-hydrogen) atoms. The van der Waals surface area contributed by atoms with E-state index in [1.165, 1.54) is 0 Å². The van der Waals surface area contributed by atoms with Crippen molar-refractivity contribution in [3.63, 3.8) is 0 Å². The summed E-state index contributed by atoms with van der Waals surface area (Å²) >= 11 is 0. The summed E-state index contributed by atoms with van der Waals surface area (Å²) in [5.74, 6) is 0.455. The highest BCUT2D eigenvalue weighted by atomic mass is 17.2. The van der Waals surface area contributed by atoms with E-state index in [1.54, 1.807) is 0 Å². The van der Waals surface area contributed by atoms with Gasteiger partial charge < -0.3 is 0 Å². The summed E-state index contributed by atoms with van der Waals surface area (Å²) in [6, 6.07) is 0. The Morgan fingerprint density at radius 1 is 1.56 bits per heavy atom. The average Bonchev–Trinajstić information content (AvgIpc) is 1.91. The summed E-state index contributed by atoms with van der Waals surface area (Å²) in [5.41, 5.74) is 2.73. The molecule has 1 aliphatic rings. The summed E-state index contributed by atoms with van der Waals surface area (Å²) in [4.78, 5) is 9.41. The van der Waals surface area contributed by atoms with Gasteiger partial charge in [-0.25, -0.2) is 9.78 Å². The first-order valence-electron chi connectivity index (χ1n) is 3.04. The molecule has 1 aliphatic heterocycles. The van der Waals surface area contributed by atoms with Crippen LogP contribution in [-0.4, -0.2) is 13.2 Å². The second-order valence-corrected chi connectivity index (χ2v) is 2.03. The van der Waals surface area contributed by atoms with Gasteiger partial charge in [0.15, 0.2) is 0 Å². The molecule has 1 unspecified atom stereocenters. The minimum atomic E-state index is 0.455. The highest BCUT2D eigenvalue weighted by molar-refractivity contribution is 4.84. The van der Waals surface area contributed by atoms with Crippen LogP contribution in [-0.2, 0) is 9.78 Å². The topological polar surface area (TPSA) is 18.5 Å². The van der Waals surface area contributed by atoms with E-state index < -0.39 is 0 Å². The summed E-state index contributed by atoms with van der Waals surface area (Å²) < 4.78 is 0. The van der Waals surface area contributed by atoms with Gasteiger partial charge in [-0.05, 0) is 12.5 Å². The van der Waals surface area contributed by atoms with Gasteiger partial charge >= 0.3 is 0 Å². The first-order valence-corrected chi connectivity index (χ1v) is 3.04. The van der Waals surface area contributed by atoms with Crippen molar-refractivity contribution < 1.29 is 9.78 Å². The van der Waals surface area contributed by atoms with Gasteiger partial charge in [-0.15, -0.1) is 5.73 Å². The van der Waals surface area contributed by atoms with Gasteiger partial charge in [-0.3, -0.25) is 0 Å². The molecule has 0 radical (unpaired) electrons. The largest absolute Gasteiger partial charge is 0.237 e. The maximum absolute atomic E-state index is 4.74. The molecule has 0 spiro atoms. The Morgan fingerprint density at radius 3 is 3.00 bits per heavy atom. The fourth-order valence-corrected chi connectivity index (χ4v) is 0.775. The Balaban J connectivity index is 2.31. The zero-order chi connectivity index (χ0) is 6.53. The molecule has 50 valence electrons. The van der Waals surface area contributed by atoms with Crippen molar-refractivity contribution in [3.8, 4) is 0 Å². The summed E-state index contributed by atoms with van der Waals surface area (Å²) in [5, 5.41) is 0. The van der Waals surface area contributed by atoms with Gasteiger partial charge in [0.1, 0.15) is 0 Å². The van der Waals surface area contributed by atoms with E-state index in [-0.39, 0.29) is 0 Å². The van der Waals surface area contributed by atoms with Crippen molar-refractivity contribution in [1.82, 2.24) is 0 Å². The lowest BCUT2D eigenvalue weighted by atomic mass is 10.1. The zero-order valence-corrected chi connectivity index (χ0v) is 5.30. The summed E-state index contributed by atoms with van der Waals surface area (Å²) in [6.45, 7) is 4.80. The van der Waals surface area contributed by atoms with Crippen LogP contribution in [0, 0.1) is 5.92 Å². The first-order chi connectivity index (χ1) is 4.43. The molecule has 1 heterocycles. The zero-order valence-electron chi connectivity index (χ0n) is 5.30. The molecule has 2 nitrogen and oxygen atoms in total. The van der Waals surface area contributed by atoms with E-state index in [4.69, 9.17) is 4.89 Å². The maximum Gasteiger partial charge on any atom is 0.0891 e. The molecule has 0 amide bonds. The molecule has 0 aromatic carbocycles. The molecule has 0 bridgehead atoms. The van der Waals surface area contributed by atoms with E-state index >= 15 is 0 Å². The molecule has 0 saturated carbocycles. The summed E-state index contributed by atoms with van der Waals surface area (Å²) in [6.07, 6.45) is 2.94. The lowest BCUT2D eigenvalue weighted by Crippen LogP contribution is -2.16. The molecular weight excluding hydrogens is 116 g/mol. The fraction of sp³-hybridized carbons (Fsp3) is 0.571. The Morgan fingerprint density at radius 2 is 2.44 bits per heavy atom. The van der Waals surface area contributed by atoms with Crippen LogP contribution in [0.2, 0.25) is 0 Å². The van der Waals surface area contributed by atoms with E-state index in [0.29, 0.717) is 19.1 Å². The number of hydrogen-bond acceptors (Lipinski definition) is 2. The number of rotatable bonds is 1. The molecule has 1 rings (SSSR count). The molecule has 0 aromatic heterocycles. The molecule has 2 heteroatoms. The second-order valence-electron chi connectivity index (χ2n) is 2.03. The van der Waals surface area contributed by atoms with Crippen molar-refractivity contribution in [2.45, 2.75) is 6.42 Å². The monoisotopic (exact) mass is 126 g/mol. The Bertz CT molecular complexity index is 119. The predicted molar refractivity (Wildman–Crippen MR) is 33.7 cm³/mol. The molecule has 0 N–H and O–H groups in total. The third-order valence-corrected chi connectivity index (χ3v) is 1.29. The lowest BCUT2D eigenvalue weighted by Gasteiger charge is -2.16. The van der Waals surface area contributed by atoms with E-state index in [0.717, 1.165) is 6.42 Å². The van der Waals surface area contributed by atoms with Crippen LogP contribution >= 0.6 is 0 Å². The summed E-state index contributed by atoms with van der Waals surface area (Å²) in [7, 11) is 0. The quantitative estimate of drug-likeness (QED) is 0.389. The van der Waals surface area contributed by atoms with Crippen LogP contribution in [0.15, 0.2) is 18.4 Å². The fourth-order valence-electron chi connectivity index (χ4n) is 0.775. The van der Waals surface area contributed by atoms with Gasteiger partial charge in [-0.2, -0.15) is 0 Å². The molecule has 1 saturated heterocycles. The third-order valence-electron chi connectivity index (χ3n) is 1.29. The van der Waals surface area contributed by atoms with E-state index in [2.05, 4.69) is 17.2 Å². The van der Waals surface area contributed by atoms with Crippen LogP contribution in [0.25, 0.3) is 0 Å². The van der Waals surface area contributed by atoms with Gasteiger partial charge in [0, 0.05) is 5.92 Å². The predicted octanol–water partition coefficient (Wildman–Crippen LogP) is 1.30.